The van der Waals surface area contributed by atoms with Crippen molar-refractivity contribution in [1.82, 2.24) is 10.2 Å². The molecule has 1 atom stereocenters. The Morgan fingerprint density at radius 1 is 1.12 bits per heavy atom. The number of hydrogen-bond acceptors (Lipinski definition) is 2. The lowest BCUT2D eigenvalue weighted by Gasteiger charge is -2.33. The summed E-state index contributed by atoms with van der Waals surface area (Å²) in [5, 5.41) is 3.43. The van der Waals surface area contributed by atoms with Gasteiger partial charge in [0.1, 0.15) is 0 Å². The van der Waals surface area contributed by atoms with Crippen molar-refractivity contribution in [3.05, 3.63) is 35.4 Å². The maximum Gasteiger partial charge on any atom is 0.0107 e. The first-order chi connectivity index (χ1) is 8.42. The van der Waals surface area contributed by atoms with Gasteiger partial charge < -0.3 is 10.2 Å². The molecule has 1 unspecified atom stereocenters. The molecule has 2 heteroatoms. The van der Waals surface area contributed by atoms with Crippen molar-refractivity contribution in [3.63, 3.8) is 0 Å². The third-order valence-corrected chi connectivity index (χ3v) is 4.17. The van der Waals surface area contributed by atoms with Crippen molar-refractivity contribution >= 4 is 0 Å². The maximum atomic E-state index is 3.43. The Hall–Kier alpha value is -0.860. The van der Waals surface area contributed by atoms with Gasteiger partial charge in [-0.15, -0.1) is 0 Å². The Kier molecular flexibility index (Phi) is 3.44. The Bertz CT molecular complexity index is 369. The molecule has 1 aromatic rings. The molecule has 0 radical (unpaired) electrons. The minimum Gasteiger partial charge on any atom is -0.314 e. The first kappa shape index (κ1) is 11.2. The molecule has 3 rings (SSSR count). The molecule has 1 aliphatic heterocycles. The van der Waals surface area contributed by atoms with Crippen LogP contribution in [-0.4, -0.2) is 37.6 Å². The minimum atomic E-state index is 0.878. The molecule has 1 heterocycles. The van der Waals surface area contributed by atoms with Crippen molar-refractivity contribution < 1.29 is 0 Å². The average Bonchev–Trinajstić information content (AvgIpc) is 2.40. The molecule has 0 bridgehead atoms. The summed E-state index contributed by atoms with van der Waals surface area (Å²) in [6.45, 7) is 6.11. The summed E-state index contributed by atoms with van der Waals surface area (Å²) in [7, 11) is 0. The monoisotopic (exact) mass is 230 g/mol. The standard InChI is InChI=1S/C15H22N2/c1-2-4-15-11-13(5-6-14(15)3-1)12-17-9-7-16-8-10-17/h1-4,13,16H,5-12H2. The number of nitrogens with one attached hydrogen (secondary N) is 1. The number of fused-ring (bicyclic) bond motifs is 1. The van der Waals surface area contributed by atoms with Crippen LogP contribution in [0.1, 0.15) is 17.5 Å². The Morgan fingerprint density at radius 2 is 1.88 bits per heavy atom. The van der Waals surface area contributed by atoms with Crippen LogP contribution in [0.15, 0.2) is 24.3 Å². The highest BCUT2D eigenvalue weighted by Gasteiger charge is 2.21. The summed E-state index contributed by atoms with van der Waals surface area (Å²) >= 11 is 0. The molecule has 17 heavy (non-hydrogen) atoms. The predicted molar refractivity (Wildman–Crippen MR) is 71.3 cm³/mol. The van der Waals surface area contributed by atoms with Gasteiger partial charge in [0.15, 0.2) is 0 Å². The lowest BCUT2D eigenvalue weighted by Crippen LogP contribution is -2.45. The quantitative estimate of drug-likeness (QED) is 0.832. The number of benzene rings is 1. The van der Waals surface area contributed by atoms with E-state index in [0.717, 1.165) is 5.92 Å². The highest BCUT2D eigenvalue weighted by Crippen LogP contribution is 2.25. The van der Waals surface area contributed by atoms with E-state index in [-0.39, 0.29) is 0 Å². The summed E-state index contributed by atoms with van der Waals surface area (Å²) in [6, 6.07) is 8.98. The highest BCUT2D eigenvalue weighted by atomic mass is 15.2. The van der Waals surface area contributed by atoms with E-state index in [2.05, 4.69) is 34.5 Å². The molecule has 0 aromatic heterocycles. The smallest absolute Gasteiger partial charge is 0.0107 e. The van der Waals surface area contributed by atoms with Crippen LogP contribution in [0.25, 0.3) is 0 Å². The third-order valence-electron chi connectivity index (χ3n) is 4.17. The number of hydrogen-bond donors (Lipinski definition) is 1. The SMILES string of the molecule is c1ccc2c(c1)CCC(CN1CCNCC1)C2. The average molecular weight is 230 g/mol. The molecule has 1 saturated heterocycles. The first-order valence-electron chi connectivity index (χ1n) is 6.91. The second-order valence-electron chi connectivity index (χ2n) is 5.43. The molecule has 0 spiro atoms. The van der Waals surface area contributed by atoms with Crippen LogP contribution in [0.4, 0.5) is 0 Å². The predicted octanol–water partition coefficient (Wildman–Crippen LogP) is 1.70. The van der Waals surface area contributed by atoms with E-state index < -0.39 is 0 Å². The second kappa shape index (κ2) is 5.19. The second-order valence-corrected chi connectivity index (χ2v) is 5.43. The van der Waals surface area contributed by atoms with Gasteiger partial charge >= 0.3 is 0 Å². The molecule has 0 amide bonds. The molecule has 1 fully saturated rings. The van der Waals surface area contributed by atoms with Gasteiger partial charge in [-0.25, -0.2) is 0 Å². The summed E-state index contributed by atoms with van der Waals surface area (Å²) in [4.78, 5) is 2.63. The van der Waals surface area contributed by atoms with Gasteiger partial charge in [0.2, 0.25) is 0 Å². The van der Waals surface area contributed by atoms with Crippen LogP contribution in [0.2, 0.25) is 0 Å². The number of aryl methyl sites for hydroxylation is 1. The number of rotatable bonds is 2. The molecule has 0 saturated carbocycles. The molecular formula is C15H22N2. The van der Waals surface area contributed by atoms with E-state index in [1.165, 1.54) is 52.0 Å². The van der Waals surface area contributed by atoms with E-state index in [9.17, 15) is 0 Å². The van der Waals surface area contributed by atoms with E-state index in [1.807, 2.05) is 0 Å². The van der Waals surface area contributed by atoms with Crippen LogP contribution in [-0.2, 0) is 12.8 Å². The van der Waals surface area contributed by atoms with Crippen molar-refractivity contribution in [2.75, 3.05) is 32.7 Å². The van der Waals surface area contributed by atoms with Crippen LogP contribution >= 0.6 is 0 Å². The van der Waals surface area contributed by atoms with Crippen LogP contribution in [0, 0.1) is 5.92 Å². The fourth-order valence-electron chi connectivity index (χ4n) is 3.19. The number of nitrogens with zero attached hydrogens (tertiary/aromatic N) is 1. The van der Waals surface area contributed by atoms with E-state index >= 15 is 0 Å². The number of piperazine rings is 1. The maximum absolute atomic E-state index is 3.43. The zero-order valence-corrected chi connectivity index (χ0v) is 10.5. The van der Waals surface area contributed by atoms with Gasteiger partial charge in [0.25, 0.3) is 0 Å². The minimum absolute atomic E-state index is 0.878. The summed E-state index contributed by atoms with van der Waals surface area (Å²) in [5.41, 5.74) is 3.18. The molecule has 1 N–H and O–H groups in total. The summed E-state index contributed by atoms with van der Waals surface area (Å²) < 4.78 is 0. The van der Waals surface area contributed by atoms with Crippen molar-refractivity contribution in [3.8, 4) is 0 Å². The zero-order valence-electron chi connectivity index (χ0n) is 10.5. The highest BCUT2D eigenvalue weighted by molar-refractivity contribution is 5.29. The van der Waals surface area contributed by atoms with Crippen molar-refractivity contribution in [1.29, 1.82) is 0 Å². The topological polar surface area (TPSA) is 15.3 Å². The van der Waals surface area contributed by atoms with Crippen molar-refractivity contribution in [2.24, 2.45) is 5.92 Å². The first-order valence-corrected chi connectivity index (χ1v) is 6.91. The molecule has 1 aliphatic carbocycles. The van der Waals surface area contributed by atoms with Crippen LogP contribution in [0.5, 0.6) is 0 Å². The summed E-state index contributed by atoms with van der Waals surface area (Å²) in [6.07, 6.45) is 3.95. The largest absolute Gasteiger partial charge is 0.314 e. The molecule has 2 nitrogen and oxygen atoms in total. The molecule has 1 aromatic carbocycles. The Balaban J connectivity index is 1.60. The molecule has 2 aliphatic rings. The van der Waals surface area contributed by atoms with Gasteiger partial charge in [0.05, 0.1) is 0 Å². The van der Waals surface area contributed by atoms with Crippen LogP contribution in [0.3, 0.4) is 0 Å². The van der Waals surface area contributed by atoms with Gasteiger partial charge in [0, 0.05) is 32.7 Å². The molecular weight excluding hydrogens is 208 g/mol. The van der Waals surface area contributed by atoms with Gasteiger partial charge in [-0.2, -0.15) is 0 Å². The normalized spacial score (nSPS) is 25.5. The van der Waals surface area contributed by atoms with E-state index in [4.69, 9.17) is 0 Å². The van der Waals surface area contributed by atoms with Crippen LogP contribution < -0.4 is 5.32 Å². The Labute approximate surface area is 104 Å². The van der Waals surface area contributed by atoms with Crippen molar-refractivity contribution in [2.45, 2.75) is 19.3 Å². The van der Waals surface area contributed by atoms with Gasteiger partial charge in [-0.1, -0.05) is 24.3 Å². The summed E-state index contributed by atoms with van der Waals surface area (Å²) in [5.74, 6) is 0.878. The fraction of sp³-hybridized carbons (Fsp3) is 0.600. The lowest BCUT2D eigenvalue weighted by atomic mass is 9.83. The third kappa shape index (κ3) is 2.70. The van der Waals surface area contributed by atoms with E-state index in [1.54, 1.807) is 11.1 Å². The zero-order chi connectivity index (χ0) is 11.5. The lowest BCUT2D eigenvalue weighted by molar-refractivity contribution is 0.197. The Morgan fingerprint density at radius 3 is 2.71 bits per heavy atom. The fourth-order valence-corrected chi connectivity index (χ4v) is 3.19. The van der Waals surface area contributed by atoms with E-state index in [0.29, 0.717) is 0 Å². The van der Waals surface area contributed by atoms with Gasteiger partial charge in [-0.05, 0) is 36.3 Å². The van der Waals surface area contributed by atoms with Gasteiger partial charge in [-0.3, -0.25) is 0 Å². The molecule has 92 valence electrons.